The Kier molecular flexibility index (Phi) is 7.99. The SMILES string of the molecule is C=CC1CCCN(C)C1Cc1ccc(O)c2c1CC(C(C)SC1OC(C(=O)O)C(O)C(O)C1O)O2. The Labute approximate surface area is 209 Å². The summed E-state index contributed by atoms with van der Waals surface area (Å²) in [4.78, 5) is 13.8. The molecule has 9 unspecified atom stereocenters. The van der Waals surface area contributed by atoms with Crippen LogP contribution in [0.4, 0.5) is 0 Å². The second-order valence-corrected chi connectivity index (χ2v) is 11.3. The van der Waals surface area contributed by atoms with E-state index in [2.05, 4.69) is 18.5 Å². The first-order valence-electron chi connectivity index (χ1n) is 12.0. The molecule has 4 rings (SSSR count). The molecule has 2 fully saturated rings. The number of carboxylic acids is 1. The van der Waals surface area contributed by atoms with Crippen LogP contribution in [0.5, 0.6) is 11.5 Å². The summed E-state index contributed by atoms with van der Waals surface area (Å²) in [5, 5.41) is 49.9. The van der Waals surface area contributed by atoms with Gasteiger partial charge >= 0.3 is 5.97 Å². The number of hydrogen-bond donors (Lipinski definition) is 5. The highest BCUT2D eigenvalue weighted by Crippen LogP contribution is 2.44. The maximum Gasteiger partial charge on any atom is 0.335 e. The van der Waals surface area contributed by atoms with Crippen LogP contribution < -0.4 is 4.74 Å². The Balaban J connectivity index is 1.48. The number of ether oxygens (including phenoxy) is 2. The van der Waals surface area contributed by atoms with Gasteiger partial charge in [-0.15, -0.1) is 18.3 Å². The van der Waals surface area contributed by atoms with Crippen molar-refractivity contribution in [1.82, 2.24) is 4.90 Å². The summed E-state index contributed by atoms with van der Waals surface area (Å²) in [6.45, 7) is 6.92. The van der Waals surface area contributed by atoms with Gasteiger partial charge in [0, 0.05) is 23.3 Å². The summed E-state index contributed by atoms with van der Waals surface area (Å²) < 4.78 is 11.6. The fourth-order valence-electron chi connectivity index (χ4n) is 5.39. The quantitative estimate of drug-likeness (QED) is 0.340. The van der Waals surface area contributed by atoms with Crippen molar-refractivity contribution >= 4 is 17.7 Å². The van der Waals surface area contributed by atoms with Crippen molar-refractivity contribution in [3.63, 3.8) is 0 Å². The van der Waals surface area contributed by atoms with Crippen LogP contribution in [0.25, 0.3) is 0 Å². The summed E-state index contributed by atoms with van der Waals surface area (Å²) in [5.74, 6) is -0.498. The van der Waals surface area contributed by atoms with Gasteiger partial charge in [-0.25, -0.2) is 4.79 Å². The van der Waals surface area contributed by atoms with Gasteiger partial charge in [0.1, 0.15) is 29.9 Å². The standard InChI is InChI=1S/C25H35NO8S/c1-4-13-6-5-9-26(3)16(13)10-14-7-8-17(27)22-15(14)11-18(33-22)12(2)35-25-21(30)19(28)20(29)23(34-25)24(31)32/h4,7-8,12-13,16,18-21,23,25,27-30H,1,5-6,9-11H2,2-3H3,(H,31,32). The maximum absolute atomic E-state index is 11.4. The van der Waals surface area contributed by atoms with E-state index in [0.717, 1.165) is 48.7 Å². The van der Waals surface area contributed by atoms with Crippen LogP contribution in [0.3, 0.4) is 0 Å². The predicted molar refractivity (Wildman–Crippen MR) is 131 cm³/mol. The van der Waals surface area contributed by atoms with E-state index in [0.29, 0.717) is 24.1 Å². The molecule has 9 atom stereocenters. The molecule has 0 bridgehead atoms. The molecule has 0 aromatic heterocycles. The lowest BCUT2D eigenvalue weighted by atomic mass is 9.84. The minimum atomic E-state index is -1.72. The number of carbonyl (C=O) groups is 1. The molecule has 0 amide bonds. The van der Waals surface area contributed by atoms with Crippen LogP contribution in [0.1, 0.15) is 30.9 Å². The van der Waals surface area contributed by atoms with Crippen LogP contribution in [-0.4, -0.2) is 97.2 Å². The van der Waals surface area contributed by atoms with Crippen LogP contribution in [-0.2, 0) is 22.4 Å². The molecule has 194 valence electrons. The highest BCUT2D eigenvalue weighted by atomic mass is 32.2. The number of aliphatic hydroxyl groups excluding tert-OH is 3. The first-order chi connectivity index (χ1) is 16.6. The van der Waals surface area contributed by atoms with Gasteiger partial charge in [-0.05, 0) is 57.3 Å². The van der Waals surface area contributed by atoms with Crippen molar-refractivity contribution in [1.29, 1.82) is 0 Å². The zero-order valence-corrected chi connectivity index (χ0v) is 20.8. The lowest BCUT2D eigenvalue weighted by molar-refractivity contribution is -0.209. The molecule has 3 aliphatic rings. The monoisotopic (exact) mass is 509 g/mol. The Morgan fingerprint density at radius 2 is 2.03 bits per heavy atom. The van der Waals surface area contributed by atoms with E-state index in [4.69, 9.17) is 9.47 Å². The van der Waals surface area contributed by atoms with Gasteiger partial charge < -0.3 is 39.9 Å². The number of piperidine rings is 1. The van der Waals surface area contributed by atoms with E-state index in [9.17, 15) is 30.3 Å². The Morgan fingerprint density at radius 1 is 1.29 bits per heavy atom. The number of rotatable bonds is 7. The topological polar surface area (TPSA) is 140 Å². The number of phenolic OH excluding ortho intramolecular Hbond substituents is 1. The summed E-state index contributed by atoms with van der Waals surface area (Å²) in [5.41, 5.74) is 1.00. The second kappa shape index (κ2) is 10.7. The van der Waals surface area contributed by atoms with E-state index < -0.39 is 35.8 Å². The smallest absolute Gasteiger partial charge is 0.335 e. The van der Waals surface area contributed by atoms with Gasteiger partial charge in [-0.3, -0.25) is 0 Å². The minimum Gasteiger partial charge on any atom is -0.504 e. The molecule has 10 heteroatoms. The molecule has 9 nitrogen and oxygen atoms in total. The number of carboxylic acid groups (broad SMARTS) is 1. The predicted octanol–water partition coefficient (Wildman–Crippen LogP) is 1.15. The van der Waals surface area contributed by atoms with Gasteiger partial charge in [0.05, 0.1) is 0 Å². The lowest BCUT2D eigenvalue weighted by Gasteiger charge is -2.39. The van der Waals surface area contributed by atoms with Crippen molar-refractivity contribution in [3.05, 3.63) is 35.9 Å². The van der Waals surface area contributed by atoms with Crippen LogP contribution in [0, 0.1) is 5.92 Å². The first kappa shape index (κ1) is 26.2. The molecule has 0 radical (unpaired) electrons. The second-order valence-electron chi connectivity index (χ2n) is 9.78. The van der Waals surface area contributed by atoms with Crippen molar-refractivity contribution in [2.24, 2.45) is 5.92 Å². The number of aromatic hydroxyl groups is 1. The molecular formula is C25H35NO8S. The number of hydrogen-bond acceptors (Lipinski definition) is 9. The number of aliphatic hydroxyl groups is 3. The normalized spacial score (nSPS) is 36.3. The Hall–Kier alpha value is -1.82. The van der Waals surface area contributed by atoms with Gasteiger partial charge in [0.2, 0.25) is 0 Å². The van der Waals surface area contributed by atoms with Crippen molar-refractivity contribution in [3.8, 4) is 11.5 Å². The lowest BCUT2D eigenvalue weighted by Crippen LogP contribution is -2.59. The summed E-state index contributed by atoms with van der Waals surface area (Å²) in [7, 11) is 2.13. The maximum atomic E-state index is 11.4. The number of thioether (sulfide) groups is 1. The number of likely N-dealkylation sites (tertiary alicyclic amines) is 1. The van der Waals surface area contributed by atoms with E-state index in [-0.39, 0.29) is 17.1 Å². The average Bonchev–Trinajstić information content (AvgIpc) is 3.29. The number of aliphatic carboxylic acids is 1. The molecule has 0 spiro atoms. The molecule has 2 saturated heterocycles. The molecule has 1 aromatic rings. The van der Waals surface area contributed by atoms with E-state index in [1.165, 1.54) is 0 Å². The van der Waals surface area contributed by atoms with Gasteiger partial charge in [0.15, 0.2) is 17.6 Å². The molecule has 3 heterocycles. The molecule has 1 aromatic carbocycles. The fraction of sp³-hybridized carbons (Fsp3) is 0.640. The summed E-state index contributed by atoms with van der Waals surface area (Å²) in [6, 6.07) is 3.92. The zero-order valence-electron chi connectivity index (χ0n) is 20.0. The zero-order chi connectivity index (χ0) is 25.4. The van der Waals surface area contributed by atoms with Gasteiger partial charge in [0.25, 0.3) is 0 Å². The molecule has 5 N–H and O–H groups in total. The van der Waals surface area contributed by atoms with Crippen molar-refractivity contribution in [2.45, 2.75) is 79.9 Å². The number of phenols is 1. The third-order valence-electron chi connectivity index (χ3n) is 7.54. The van der Waals surface area contributed by atoms with Crippen molar-refractivity contribution < 1.29 is 39.8 Å². The summed E-state index contributed by atoms with van der Waals surface area (Å²) >= 11 is 1.14. The molecular weight excluding hydrogens is 474 g/mol. The Bertz CT molecular complexity index is 944. The van der Waals surface area contributed by atoms with E-state index in [1.54, 1.807) is 6.07 Å². The molecule has 0 saturated carbocycles. The number of nitrogens with zero attached hydrogens (tertiary/aromatic N) is 1. The van der Waals surface area contributed by atoms with Crippen LogP contribution in [0.2, 0.25) is 0 Å². The summed E-state index contributed by atoms with van der Waals surface area (Å²) in [6.07, 6.45) is -1.20. The third-order valence-corrected chi connectivity index (χ3v) is 8.93. The molecule has 35 heavy (non-hydrogen) atoms. The molecule has 3 aliphatic heterocycles. The number of benzene rings is 1. The molecule has 0 aliphatic carbocycles. The van der Waals surface area contributed by atoms with Crippen LogP contribution >= 0.6 is 11.8 Å². The largest absolute Gasteiger partial charge is 0.504 e. The minimum absolute atomic E-state index is 0.0687. The van der Waals surface area contributed by atoms with Crippen LogP contribution in [0.15, 0.2) is 24.8 Å². The fourth-order valence-corrected chi connectivity index (χ4v) is 6.65. The van der Waals surface area contributed by atoms with Gasteiger partial charge in [-0.2, -0.15) is 0 Å². The highest BCUT2D eigenvalue weighted by molar-refractivity contribution is 8.00. The third kappa shape index (κ3) is 5.19. The van der Waals surface area contributed by atoms with E-state index >= 15 is 0 Å². The van der Waals surface area contributed by atoms with Crippen molar-refractivity contribution in [2.75, 3.05) is 13.6 Å². The highest BCUT2D eigenvalue weighted by Gasteiger charge is 2.48. The number of likely N-dealkylation sites (N-methyl/N-ethyl adjacent to an activating group) is 1. The first-order valence-corrected chi connectivity index (χ1v) is 13.0. The van der Waals surface area contributed by atoms with Gasteiger partial charge in [-0.1, -0.05) is 12.1 Å². The van der Waals surface area contributed by atoms with E-state index in [1.807, 2.05) is 19.1 Å². The Morgan fingerprint density at radius 3 is 2.71 bits per heavy atom. The number of fused-ring (bicyclic) bond motifs is 1. The average molecular weight is 510 g/mol.